The predicted octanol–water partition coefficient (Wildman–Crippen LogP) is 6.30. The molecule has 0 radical (unpaired) electrons. The first kappa shape index (κ1) is 26.4. The normalized spacial score (nSPS) is 14.5. The Morgan fingerprint density at radius 1 is 0.919 bits per heavy atom. The van der Waals surface area contributed by atoms with E-state index in [1.54, 1.807) is 43.3 Å². The Labute approximate surface area is 225 Å². The fourth-order valence-electron chi connectivity index (χ4n) is 4.58. The highest BCUT2D eigenvalue weighted by atomic mass is 35.5. The van der Waals surface area contributed by atoms with E-state index in [2.05, 4.69) is 0 Å². The maximum atomic E-state index is 13.8. The molecule has 1 aliphatic rings. The first-order valence-corrected chi connectivity index (χ1v) is 12.1. The Balaban J connectivity index is 1.85. The number of halogens is 2. The molecule has 192 valence electrons. The number of amides is 1. The summed E-state index contributed by atoms with van der Waals surface area (Å²) in [6.45, 7) is 5.57. The number of rotatable bonds is 6. The standard InChI is InChI=1S/C28H26Cl2N2O5/c1-15-11-18(16(2)31(15)23-9-7-19(29)13-22(23)30)12-21-26(28(34)37-6)17(3)32(27(21)33)20-8-10-24(35-4)25(14-20)36-5/h7-14H,1-6H3/b21-12-. The lowest BCUT2D eigenvalue weighted by atomic mass is 10.0. The van der Waals surface area contributed by atoms with E-state index in [9.17, 15) is 9.59 Å². The molecular formula is C28H26Cl2N2O5. The Morgan fingerprint density at radius 3 is 2.24 bits per heavy atom. The van der Waals surface area contributed by atoms with Gasteiger partial charge >= 0.3 is 5.97 Å². The average molecular weight is 541 g/mol. The summed E-state index contributed by atoms with van der Waals surface area (Å²) in [4.78, 5) is 28.1. The molecule has 4 rings (SSSR count). The van der Waals surface area contributed by atoms with Gasteiger partial charge in [0.1, 0.15) is 0 Å². The number of carbonyl (C=O) groups is 2. The van der Waals surface area contributed by atoms with Gasteiger partial charge in [0.25, 0.3) is 5.91 Å². The average Bonchev–Trinajstić information content (AvgIpc) is 3.29. The summed E-state index contributed by atoms with van der Waals surface area (Å²) >= 11 is 12.6. The third-order valence-electron chi connectivity index (χ3n) is 6.34. The molecule has 0 bridgehead atoms. The first-order chi connectivity index (χ1) is 17.6. The molecule has 0 aliphatic carbocycles. The van der Waals surface area contributed by atoms with E-state index < -0.39 is 5.97 Å². The number of nitrogens with zero attached hydrogens (tertiary/aromatic N) is 2. The summed E-state index contributed by atoms with van der Waals surface area (Å²) in [5.74, 6) is 0.0203. The third-order valence-corrected chi connectivity index (χ3v) is 6.87. The number of allylic oxidation sites excluding steroid dienone is 1. The van der Waals surface area contributed by atoms with Crippen molar-refractivity contribution in [2.45, 2.75) is 20.8 Å². The fraction of sp³-hybridized carbons (Fsp3) is 0.214. The first-order valence-electron chi connectivity index (χ1n) is 11.3. The zero-order valence-corrected chi connectivity index (χ0v) is 22.8. The number of anilines is 1. The van der Waals surface area contributed by atoms with Crippen molar-refractivity contribution >= 4 is 46.8 Å². The van der Waals surface area contributed by atoms with Gasteiger partial charge in [0.05, 0.1) is 48.9 Å². The van der Waals surface area contributed by atoms with E-state index in [0.717, 1.165) is 22.6 Å². The van der Waals surface area contributed by atoms with Crippen LogP contribution < -0.4 is 14.4 Å². The number of methoxy groups -OCH3 is 3. The number of benzene rings is 2. The van der Waals surface area contributed by atoms with Gasteiger partial charge in [-0.25, -0.2) is 4.79 Å². The topological polar surface area (TPSA) is 70.0 Å². The van der Waals surface area contributed by atoms with Gasteiger partial charge in [-0.1, -0.05) is 23.2 Å². The zero-order valence-electron chi connectivity index (χ0n) is 21.3. The number of esters is 1. The van der Waals surface area contributed by atoms with Gasteiger partial charge in [0.15, 0.2) is 11.5 Å². The molecule has 0 atom stereocenters. The van der Waals surface area contributed by atoms with Crippen LogP contribution in [0.3, 0.4) is 0 Å². The van der Waals surface area contributed by atoms with Gasteiger partial charge in [-0.3, -0.25) is 9.69 Å². The van der Waals surface area contributed by atoms with Crippen molar-refractivity contribution in [2.24, 2.45) is 0 Å². The maximum absolute atomic E-state index is 13.8. The van der Waals surface area contributed by atoms with Crippen LogP contribution in [0, 0.1) is 13.8 Å². The van der Waals surface area contributed by atoms with E-state index >= 15 is 0 Å². The maximum Gasteiger partial charge on any atom is 0.340 e. The van der Waals surface area contributed by atoms with Gasteiger partial charge in [0.2, 0.25) is 0 Å². The fourth-order valence-corrected chi connectivity index (χ4v) is 5.07. The minimum absolute atomic E-state index is 0.191. The quantitative estimate of drug-likeness (QED) is 0.271. The van der Waals surface area contributed by atoms with Crippen LogP contribution in [-0.2, 0) is 14.3 Å². The highest BCUT2D eigenvalue weighted by molar-refractivity contribution is 6.35. The lowest BCUT2D eigenvalue weighted by Gasteiger charge is -2.19. The molecule has 0 spiro atoms. The molecule has 0 saturated carbocycles. The number of hydrogen-bond donors (Lipinski definition) is 0. The molecule has 2 heterocycles. The van der Waals surface area contributed by atoms with E-state index in [1.807, 2.05) is 30.5 Å². The Kier molecular flexibility index (Phi) is 7.39. The Morgan fingerprint density at radius 2 is 1.62 bits per heavy atom. The van der Waals surface area contributed by atoms with Gasteiger partial charge in [-0.05, 0) is 68.8 Å². The SMILES string of the molecule is COC(=O)C1=C(C)N(c2ccc(OC)c(OC)c2)C(=O)/C1=C\c1cc(C)n(-c2ccc(Cl)cc2Cl)c1C. The second kappa shape index (κ2) is 10.4. The summed E-state index contributed by atoms with van der Waals surface area (Å²) in [5.41, 5.74) is 4.65. The molecule has 0 N–H and O–H groups in total. The van der Waals surface area contributed by atoms with E-state index in [-0.39, 0.29) is 17.1 Å². The number of aryl methyl sites for hydroxylation is 1. The van der Waals surface area contributed by atoms with Crippen LogP contribution in [0.2, 0.25) is 10.0 Å². The predicted molar refractivity (Wildman–Crippen MR) is 145 cm³/mol. The van der Waals surface area contributed by atoms with Crippen molar-refractivity contribution in [3.63, 3.8) is 0 Å². The molecule has 1 aliphatic heterocycles. The summed E-state index contributed by atoms with van der Waals surface area (Å²) in [5, 5.41) is 1.03. The second-order valence-corrected chi connectivity index (χ2v) is 9.29. The Bertz CT molecular complexity index is 1490. The monoisotopic (exact) mass is 540 g/mol. The van der Waals surface area contributed by atoms with Crippen LogP contribution in [0.15, 0.2) is 59.3 Å². The zero-order chi connectivity index (χ0) is 27.0. The molecule has 3 aromatic rings. The van der Waals surface area contributed by atoms with Crippen molar-refractivity contribution in [1.29, 1.82) is 0 Å². The number of aromatic nitrogens is 1. The summed E-state index contributed by atoms with van der Waals surface area (Å²) < 4.78 is 17.7. The van der Waals surface area contributed by atoms with Gasteiger partial charge in [-0.2, -0.15) is 0 Å². The second-order valence-electron chi connectivity index (χ2n) is 8.45. The lowest BCUT2D eigenvalue weighted by Crippen LogP contribution is -2.24. The molecule has 0 saturated heterocycles. The smallest absolute Gasteiger partial charge is 0.340 e. The van der Waals surface area contributed by atoms with Crippen molar-refractivity contribution in [3.8, 4) is 17.2 Å². The molecule has 37 heavy (non-hydrogen) atoms. The van der Waals surface area contributed by atoms with Gasteiger partial charge < -0.3 is 18.8 Å². The lowest BCUT2D eigenvalue weighted by molar-refractivity contribution is -0.136. The summed E-state index contributed by atoms with van der Waals surface area (Å²) in [6.07, 6.45) is 1.71. The summed E-state index contributed by atoms with van der Waals surface area (Å²) in [7, 11) is 4.34. The minimum Gasteiger partial charge on any atom is -0.493 e. The van der Waals surface area contributed by atoms with E-state index in [1.165, 1.54) is 26.2 Å². The molecule has 0 fully saturated rings. The van der Waals surface area contributed by atoms with Gasteiger partial charge in [0, 0.05) is 28.2 Å². The minimum atomic E-state index is -0.602. The largest absolute Gasteiger partial charge is 0.493 e. The van der Waals surface area contributed by atoms with Crippen molar-refractivity contribution in [3.05, 3.63) is 86.3 Å². The molecule has 0 unspecified atom stereocenters. The van der Waals surface area contributed by atoms with Crippen LogP contribution in [-0.4, -0.2) is 37.8 Å². The molecule has 7 nitrogen and oxygen atoms in total. The van der Waals surface area contributed by atoms with Crippen molar-refractivity contribution in [1.82, 2.24) is 4.57 Å². The number of carbonyl (C=O) groups excluding carboxylic acids is 2. The Hall–Kier alpha value is -3.68. The van der Waals surface area contributed by atoms with Crippen LogP contribution in [0.1, 0.15) is 23.9 Å². The van der Waals surface area contributed by atoms with Crippen molar-refractivity contribution in [2.75, 3.05) is 26.2 Å². The van der Waals surface area contributed by atoms with Crippen LogP contribution >= 0.6 is 23.2 Å². The van der Waals surface area contributed by atoms with E-state index in [0.29, 0.717) is 32.9 Å². The number of ether oxygens (including phenoxy) is 3. The highest BCUT2D eigenvalue weighted by Crippen LogP contribution is 2.40. The molecule has 9 heteroatoms. The van der Waals surface area contributed by atoms with Crippen LogP contribution in [0.4, 0.5) is 5.69 Å². The molecular weight excluding hydrogens is 515 g/mol. The van der Waals surface area contributed by atoms with E-state index in [4.69, 9.17) is 37.4 Å². The van der Waals surface area contributed by atoms with Gasteiger partial charge in [-0.15, -0.1) is 0 Å². The number of hydrogen-bond acceptors (Lipinski definition) is 5. The van der Waals surface area contributed by atoms with Crippen LogP contribution in [0.5, 0.6) is 11.5 Å². The molecule has 2 aromatic carbocycles. The molecule has 1 amide bonds. The highest BCUT2D eigenvalue weighted by Gasteiger charge is 2.38. The van der Waals surface area contributed by atoms with Crippen LogP contribution in [0.25, 0.3) is 11.8 Å². The van der Waals surface area contributed by atoms with Crippen molar-refractivity contribution < 1.29 is 23.8 Å². The summed E-state index contributed by atoms with van der Waals surface area (Å²) in [6, 6.07) is 12.3. The third kappa shape index (κ3) is 4.61. The molecule has 1 aromatic heterocycles.